The molecule has 1 heterocycles. The van der Waals surface area contributed by atoms with Crippen molar-refractivity contribution in [2.45, 2.75) is 13.0 Å². The fourth-order valence-corrected chi connectivity index (χ4v) is 2.30. The molecule has 0 amide bonds. The van der Waals surface area contributed by atoms with Gasteiger partial charge in [-0.05, 0) is 12.0 Å². The van der Waals surface area contributed by atoms with Crippen molar-refractivity contribution in [1.29, 1.82) is 0 Å². The highest BCUT2D eigenvalue weighted by molar-refractivity contribution is 5.81. The van der Waals surface area contributed by atoms with E-state index in [4.69, 9.17) is 0 Å². The molecule has 0 aliphatic heterocycles. The molecule has 1 aromatic heterocycles. The van der Waals surface area contributed by atoms with Crippen LogP contribution in [-0.4, -0.2) is 59.6 Å². The van der Waals surface area contributed by atoms with Crippen molar-refractivity contribution >= 4 is 6.21 Å². The van der Waals surface area contributed by atoms with Crippen LogP contribution >= 0.6 is 0 Å². The van der Waals surface area contributed by atoms with Crippen molar-refractivity contribution < 1.29 is 9.59 Å². The maximum Gasteiger partial charge on any atom is 0.331 e. The van der Waals surface area contributed by atoms with Gasteiger partial charge in [0.1, 0.15) is 5.56 Å². The molecular weight excluding hydrogens is 320 g/mol. The third-order valence-corrected chi connectivity index (χ3v) is 3.79. The largest absolute Gasteiger partial charge is 0.494 e. The Hall–Kier alpha value is -2.67. The number of nitrogens with zero attached hydrogens (tertiary/aromatic N) is 3. The van der Waals surface area contributed by atoms with Gasteiger partial charge in [-0.2, -0.15) is 0 Å². The van der Waals surface area contributed by atoms with Crippen LogP contribution in [0.5, 0.6) is 5.88 Å². The lowest BCUT2D eigenvalue weighted by Gasteiger charge is -2.22. The topological polar surface area (TPSA) is 87.4 Å². The van der Waals surface area contributed by atoms with Crippen molar-refractivity contribution in [1.82, 2.24) is 9.55 Å². The zero-order chi connectivity index (χ0) is 18.4. The molecule has 2 aromatic rings. The van der Waals surface area contributed by atoms with Gasteiger partial charge in [0.25, 0.3) is 5.56 Å². The highest BCUT2D eigenvalue weighted by Crippen LogP contribution is 2.09. The monoisotopic (exact) mass is 345 g/mol. The number of likely N-dealkylation sites (N-methyl/N-ethyl adjacent to an activating group) is 1. The van der Waals surface area contributed by atoms with E-state index in [1.807, 2.05) is 51.5 Å². The highest BCUT2D eigenvalue weighted by atomic mass is 16.3. The highest BCUT2D eigenvalue weighted by Gasteiger charge is 2.13. The molecule has 0 saturated heterocycles. The lowest BCUT2D eigenvalue weighted by atomic mass is 10.1. The summed E-state index contributed by atoms with van der Waals surface area (Å²) >= 11 is 0. The second-order valence-electron chi connectivity index (χ2n) is 6.93. The molecule has 25 heavy (non-hydrogen) atoms. The van der Waals surface area contributed by atoms with Gasteiger partial charge >= 0.3 is 5.69 Å². The predicted molar refractivity (Wildman–Crippen MR) is 98.5 cm³/mol. The summed E-state index contributed by atoms with van der Waals surface area (Å²) < 4.78 is 1.91. The minimum absolute atomic E-state index is 0.00840. The summed E-state index contributed by atoms with van der Waals surface area (Å²) in [6, 6.07) is 9.63. The molecule has 0 aliphatic carbocycles. The number of aromatic amines is 1. The van der Waals surface area contributed by atoms with E-state index in [-0.39, 0.29) is 18.0 Å². The van der Waals surface area contributed by atoms with Gasteiger partial charge in [-0.25, -0.2) is 4.79 Å². The van der Waals surface area contributed by atoms with Crippen LogP contribution in [0.4, 0.5) is 0 Å². The molecule has 7 heteroatoms. The Kier molecular flexibility index (Phi) is 5.93. The molecule has 0 fully saturated rings. The Labute approximate surface area is 146 Å². The third-order valence-electron chi connectivity index (χ3n) is 3.79. The molecule has 0 radical (unpaired) electrons. The Bertz CT molecular complexity index is 845. The van der Waals surface area contributed by atoms with Crippen molar-refractivity contribution in [3.8, 4) is 5.88 Å². The quantitative estimate of drug-likeness (QED) is 0.569. The lowest BCUT2D eigenvalue weighted by Crippen LogP contribution is -2.36. The number of aryl methyl sites for hydroxylation is 1. The molecular formula is C18H25N4O3+. The summed E-state index contributed by atoms with van der Waals surface area (Å²) in [5.41, 5.74) is -0.207. The van der Waals surface area contributed by atoms with E-state index in [2.05, 4.69) is 9.98 Å². The van der Waals surface area contributed by atoms with E-state index in [0.717, 1.165) is 21.2 Å². The SMILES string of the molecule is C[N+](C)(C)CCN=Cc1c(O)n(CCc2ccccc2)c(=O)[nH]c1=O. The number of hydrogen-bond acceptors (Lipinski definition) is 4. The molecule has 2 rings (SSSR count). The fraction of sp³-hybridized carbons (Fsp3) is 0.389. The summed E-state index contributed by atoms with van der Waals surface area (Å²) in [4.78, 5) is 30.4. The van der Waals surface area contributed by atoms with E-state index >= 15 is 0 Å². The molecule has 0 saturated carbocycles. The number of aliphatic imine (C=N–C) groups is 1. The fourth-order valence-electron chi connectivity index (χ4n) is 2.30. The lowest BCUT2D eigenvalue weighted by molar-refractivity contribution is -0.868. The first-order chi connectivity index (χ1) is 11.8. The van der Waals surface area contributed by atoms with Gasteiger partial charge in [-0.3, -0.25) is 19.3 Å². The van der Waals surface area contributed by atoms with Crippen molar-refractivity contribution in [2.75, 3.05) is 34.2 Å². The van der Waals surface area contributed by atoms with Crippen molar-refractivity contribution in [3.05, 3.63) is 62.3 Å². The molecule has 7 nitrogen and oxygen atoms in total. The van der Waals surface area contributed by atoms with Gasteiger partial charge in [0.2, 0.25) is 5.88 Å². The van der Waals surface area contributed by atoms with Gasteiger partial charge in [-0.15, -0.1) is 0 Å². The number of hydrogen-bond donors (Lipinski definition) is 2. The number of H-pyrrole nitrogens is 1. The predicted octanol–water partition coefficient (Wildman–Crippen LogP) is 0.610. The minimum Gasteiger partial charge on any atom is -0.494 e. The van der Waals surface area contributed by atoms with Crippen LogP contribution in [0, 0.1) is 0 Å². The van der Waals surface area contributed by atoms with Crippen LogP contribution in [0.15, 0.2) is 44.9 Å². The molecule has 0 spiro atoms. The summed E-state index contributed by atoms with van der Waals surface area (Å²) in [5.74, 6) is -0.348. The van der Waals surface area contributed by atoms with E-state index in [9.17, 15) is 14.7 Å². The second kappa shape index (κ2) is 7.94. The number of aromatic nitrogens is 2. The van der Waals surface area contributed by atoms with Gasteiger partial charge in [-0.1, -0.05) is 30.3 Å². The summed E-state index contributed by atoms with van der Waals surface area (Å²) in [7, 11) is 6.14. The first kappa shape index (κ1) is 18.7. The Morgan fingerprint density at radius 2 is 1.88 bits per heavy atom. The molecule has 0 unspecified atom stereocenters. The summed E-state index contributed by atoms with van der Waals surface area (Å²) in [5, 5.41) is 10.3. The van der Waals surface area contributed by atoms with E-state index in [1.165, 1.54) is 6.21 Å². The second-order valence-corrected chi connectivity index (χ2v) is 6.93. The van der Waals surface area contributed by atoms with Crippen molar-refractivity contribution in [3.63, 3.8) is 0 Å². The van der Waals surface area contributed by atoms with Gasteiger partial charge in [0.05, 0.1) is 34.2 Å². The number of quaternary nitrogens is 1. The molecule has 2 N–H and O–H groups in total. The number of nitrogens with one attached hydrogen (secondary N) is 1. The average molecular weight is 345 g/mol. The van der Waals surface area contributed by atoms with Crippen LogP contribution < -0.4 is 11.2 Å². The van der Waals surface area contributed by atoms with Gasteiger partial charge < -0.3 is 9.59 Å². The standard InChI is InChI=1S/C18H24N4O3/c1-22(2,3)12-10-19-13-15-16(23)20-18(25)21(17(15)24)11-9-14-7-5-4-6-8-14/h4-8,13H,9-12H2,1-3H3,(H-,19,20,23,24,25)/p+1. The zero-order valence-electron chi connectivity index (χ0n) is 14.9. The van der Waals surface area contributed by atoms with Crippen LogP contribution in [-0.2, 0) is 13.0 Å². The third kappa shape index (κ3) is 5.42. The molecule has 1 aromatic carbocycles. The van der Waals surface area contributed by atoms with Gasteiger partial charge in [0, 0.05) is 12.8 Å². The van der Waals surface area contributed by atoms with Crippen LogP contribution in [0.25, 0.3) is 0 Å². The minimum atomic E-state index is -0.632. The zero-order valence-corrected chi connectivity index (χ0v) is 14.9. The van der Waals surface area contributed by atoms with Crippen LogP contribution in [0.1, 0.15) is 11.1 Å². The number of rotatable bonds is 7. The Morgan fingerprint density at radius 1 is 1.20 bits per heavy atom. The summed E-state index contributed by atoms with van der Waals surface area (Å²) in [6.45, 7) is 1.58. The smallest absolute Gasteiger partial charge is 0.331 e. The Morgan fingerprint density at radius 3 is 2.52 bits per heavy atom. The average Bonchev–Trinajstić information content (AvgIpc) is 2.53. The van der Waals surface area contributed by atoms with Crippen LogP contribution in [0.2, 0.25) is 0 Å². The maximum absolute atomic E-state index is 12.0. The normalized spacial score (nSPS) is 12.0. The van der Waals surface area contributed by atoms with Crippen molar-refractivity contribution in [2.24, 2.45) is 4.99 Å². The number of aromatic hydroxyl groups is 1. The summed E-state index contributed by atoms with van der Waals surface area (Å²) in [6.07, 6.45) is 1.90. The first-order valence-electron chi connectivity index (χ1n) is 8.18. The molecule has 0 bridgehead atoms. The van der Waals surface area contributed by atoms with E-state index < -0.39 is 11.2 Å². The van der Waals surface area contributed by atoms with Crippen LogP contribution in [0.3, 0.4) is 0 Å². The molecule has 0 atom stereocenters. The molecule has 0 aliphatic rings. The Balaban J connectivity index is 2.19. The molecule has 134 valence electrons. The first-order valence-corrected chi connectivity index (χ1v) is 8.18. The maximum atomic E-state index is 12.0. The van der Waals surface area contributed by atoms with E-state index in [0.29, 0.717) is 13.0 Å². The van der Waals surface area contributed by atoms with E-state index in [1.54, 1.807) is 0 Å². The number of benzene rings is 1. The van der Waals surface area contributed by atoms with Gasteiger partial charge in [0.15, 0.2) is 0 Å².